The van der Waals surface area contributed by atoms with Crippen molar-refractivity contribution in [2.75, 3.05) is 38.9 Å². The predicted molar refractivity (Wildman–Crippen MR) is 236 cm³/mol. The summed E-state index contributed by atoms with van der Waals surface area (Å²) in [6.45, 7) is 0.816. The highest BCUT2D eigenvalue weighted by molar-refractivity contribution is 5.89. The average Bonchev–Trinajstić information content (AvgIpc) is 3.24. The Kier molecular flexibility index (Phi) is 18.8. The molecule has 12 heteroatoms. The van der Waals surface area contributed by atoms with Gasteiger partial charge in [-0.05, 0) is 134 Å². The number of ether oxygens (including phenoxy) is 4. The number of anilines is 2. The second-order valence-corrected chi connectivity index (χ2v) is 15.1. The third-order valence-electron chi connectivity index (χ3n) is 10.3. The molecule has 4 aromatic rings. The Morgan fingerprint density at radius 3 is 1.46 bits per heavy atom. The van der Waals surface area contributed by atoms with Gasteiger partial charge >= 0.3 is 11.9 Å². The number of nitrogens with two attached hydrogens (primary N) is 2. The van der Waals surface area contributed by atoms with Crippen LogP contribution in [0.15, 0.2) is 109 Å². The van der Waals surface area contributed by atoms with Crippen LogP contribution in [-0.4, -0.2) is 66.9 Å². The number of nitrogen functional groups attached to an aromatic ring is 2. The van der Waals surface area contributed by atoms with Gasteiger partial charge in [-0.1, -0.05) is 48.5 Å². The largest absolute Gasteiger partial charge is 0.494 e. The second kappa shape index (κ2) is 24.1. The van der Waals surface area contributed by atoms with Crippen LogP contribution in [0.2, 0.25) is 0 Å². The molecule has 0 aliphatic rings. The van der Waals surface area contributed by atoms with E-state index >= 15 is 0 Å². The Hall–Kier alpha value is -6.24. The number of esters is 2. The zero-order valence-electron chi connectivity index (χ0n) is 35.1. The molecule has 324 valence electrons. The Morgan fingerprint density at radius 2 is 1.03 bits per heavy atom. The van der Waals surface area contributed by atoms with E-state index in [1.54, 1.807) is 72.8 Å². The van der Waals surface area contributed by atoms with Crippen molar-refractivity contribution in [3.8, 4) is 11.5 Å². The van der Waals surface area contributed by atoms with Crippen LogP contribution in [0, 0.1) is 5.41 Å². The SMILES string of the molecule is COC(=O)/C=C/c1ccc(OCCCCCC(=O)CC(Cc2cccc(N)c2)(Cc2cccc(N)c2)C(O)(O)C(=O)CCCCCOc2ccc(/C=C/C(=O)OC)cc2)cc1. The minimum atomic E-state index is -2.88. The minimum Gasteiger partial charge on any atom is -0.494 e. The van der Waals surface area contributed by atoms with Crippen LogP contribution in [-0.2, 0) is 41.5 Å². The van der Waals surface area contributed by atoms with Crippen molar-refractivity contribution < 1.29 is 48.3 Å². The molecule has 0 spiro atoms. The number of carbonyl (C=O) groups is 4. The van der Waals surface area contributed by atoms with E-state index in [1.165, 1.54) is 26.4 Å². The van der Waals surface area contributed by atoms with Gasteiger partial charge in [0.25, 0.3) is 0 Å². The van der Waals surface area contributed by atoms with Crippen molar-refractivity contribution in [2.24, 2.45) is 5.41 Å². The van der Waals surface area contributed by atoms with E-state index in [0.717, 1.165) is 11.1 Å². The lowest BCUT2D eigenvalue weighted by Crippen LogP contribution is -2.57. The zero-order valence-corrected chi connectivity index (χ0v) is 35.1. The zero-order chi connectivity index (χ0) is 44.1. The normalized spacial score (nSPS) is 11.7. The van der Waals surface area contributed by atoms with Gasteiger partial charge in [-0.25, -0.2) is 9.59 Å². The van der Waals surface area contributed by atoms with Crippen LogP contribution in [0.4, 0.5) is 11.4 Å². The fourth-order valence-electron chi connectivity index (χ4n) is 7.04. The molecule has 0 amide bonds. The molecule has 0 saturated heterocycles. The molecule has 0 saturated carbocycles. The van der Waals surface area contributed by atoms with Crippen molar-refractivity contribution in [1.29, 1.82) is 0 Å². The summed E-state index contributed by atoms with van der Waals surface area (Å²) in [7, 11) is 2.63. The fourth-order valence-corrected chi connectivity index (χ4v) is 7.04. The topological polar surface area (TPSA) is 198 Å². The maximum Gasteiger partial charge on any atom is 0.330 e. The highest BCUT2D eigenvalue weighted by Gasteiger charge is 2.54. The standard InChI is InChI=1S/C49H58N2O10/c1-58-46(54)27-21-36-17-23-43(24-18-36)60-29-7-3-5-15-42(52)35-48(33-38-11-9-13-40(50)31-38,34-39-12-10-14-41(51)32-39)49(56,57)45(53)16-6-4-8-30-61-44-25-19-37(20-26-44)22-28-47(55)59-2/h9-14,17-28,31-32,56-57H,3-8,15-16,29-30,33-35,50-51H2,1-2H3/b27-21+,28-22+. The molecule has 0 unspecified atom stereocenters. The van der Waals surface area contributed by atoms with Crippen molar-refractivity contribution in [3.63, 3.8) is 0 Å². The lowest BCUT2D eigenvalue weighted by Gasteiger charge is -2.43. The Bertz CT molecular complexity index is 2040. The van der Waals surface area contributed by atoms with Crippen LogP contribution in [0.1, 0.15) is 80.0 Å². The molecule has 0 aliphatic carbocycles. The Labute approximate surface area is 358 Å². The van der Waals surface area contributed by atoms with Gasteiger partial charge in [0, 0.05) is 48.2 Å². The molecule has 61 heavy (non-hydrogen) atoms. The highest BCUT2D eigenvalue weighted by Crippen LogP contribution is 2.43. The summed E-state index contributed by atoms with van der Waals surface area (Å²) < 4.78 is 20.9. The summed E-state index contributed by atoms with van der Waals surface area (Å²) in [5.74, 6) is -3.41. The number of carbonyl (C=O) groups excluding carboxylic acids is 4. The van der Waals surface area contributed by atoms with Crippen LogP contribution < -0.4 is 20.9 Å². The van der Waals surface area contributed by atoms with E-state index < -0.39 is 28.9 Å². The van der Waals surface area contributed by atoms with Gasteiger partial charge in [0.2, 0.25) is 5.79 Å². The molecular weight excluding hydrogens is 777 g/mol. The molecule has 0 aromatic heterocycles. The molecule has 4 rings (SSSR count). The molecular formula is C49H58N2O10. The van der Waals surface area contributed by atoms with Crippen molar-refractivity contribution in [2.45, 2.75) is 76.4 Å². The minimum absolute atomic E-state index is 0.00641. The Morgan fingerprint density at radius 1 is 0.590 bits per heavy atom. The number of Topliss-reactive ketones (excluding diaryl/α,β-unsaturated/α-hetero) is 2. The third kappa shape index (κ3) is 15.7. The van der Waals surface area contributed by atoms with Crippen LogP contribution in [0.25, 0.3) is 12.2 Å². The lowest BCUT2D eigenvalue weighted by molar-refractivity contribution is -0.234. The summed E-state index contributed by atoms with van der Waals surface area (Å²) in [5, 5.41) is 24.2. The molecule has 0 aliphatic heterocycles. The van der Waals surface area contributed by atoms with E-state index in [1.807, 2.05) is 36.4 Å². The van der Waals surface area contributed by atoms with Gasteiger partial charge in [-0.3, -0.25) is 9.59 Å². The van der Waals surface area contributed by atoms with E-state index in [-0.39, 0.29) is 37.9 Å². The van der Waals surface area contributed by atoms with Gasteiger partial charge in [0.05, 0.1) is 27.4 Å². The first-order valence-electron chi connectivity index (χ1n) is 20.5. The van der Waals surface area contributed by atoms with Gasteiger partial charge < -0.3 is 40.6 Å². The number of hydrogen-bond acceptors (Lipinski definition) is 12. The number of methoxy groups -OCH3 is 2. The summed E-state index contributed by atoms with van der Waals surface area (Å²) in [5.41, 5.74) is 14.5. The second-order valence-electron chi connectivity index (χ2n) is 15.1. The van der Waals surface area contributed by atoms with E-state index in [4.69, 9.17) is 20.9 Å². The third-order valence-corrected chi connectivity index (χ3v) is 10.3. The highest BCUT2D eigenvalue weighted by atomic mass is 16.5. The van der Waals surface area contributed by atoms with Crippen LogP contribution in [0.3, 0.4) is 0 Å². The van der Waals surface area contributed by atoms with E-state index in [9.17, 15) is 29.4 Å². The number of unbranched alkanes of at least 4 members (excludes halogenated alkanes) is 4. The number of aliphatic hydroxyl groups is 2. The predicted octanol–water partition coefficient (Wildman–Crippen LogP) is 7.48. The van der Waals surface area contributed by atoms with Crippen molar-refractivity contribution in [3.05, 3.63) is 131 Å². The summed E-state index contributed by atoms with van der Waals surface area (Å²) >= 11 is 0. The van der Waals surface area contributed by atoms with Gasteiger partial charge in [-0.2, -0.15) is 0 Å². The van der Waals surface area contributed by atoms with Gasteiger partial charge in [-0.15, -0.1) is 0 Å². The van der Waals surface area contributed by atoms with Crippen LogP contribution >= 0.6 is 0 Å². The molecule has 0 radical (unpaired) electrons. The number of hydrogen-bond donors (Lipinski definition) is 4. The summed E-state index contributed by atoms with van der Waals surface area (Å²) in [4.78, 5) is 50.6. The molecule has 0 bridgehead atoms. The number of rotatable bonds is 26. The molecule has 0 heterocycles. The van der Waals surface area contributed by atoms with E-state index in [0.29, 0.717) is 85.7 Å². The maximum atomic E-state index is 14.0. The molecule has 0 fully saturated rings. The quantitative estimate of drug-likeness (QED) is 0.0160. The van der Waals surface area contributed by atoms with Gasteiger partial charge in [0.1, 0.15) is 17.3 Å². The first-order valence-corrected chi connectivity index (χ1v) is 20.5. The lowest BCUT2D eigenvalue weighted by atomic mass is 9.65. The molecule has 4 aromatic carbocycles. The Balaban J connectivity index is 1.39. The summed E-state index contributed by atoms with van der Waals surface area (Å²) in [6, 6.07) is 28.5. The van der Waals surface area contributed by atoms with E-state index in [2.05, 4.69) is 9.47 Å². The van der Waals surface area contributed by atoms with Gasteiger partial charge in [0.15, 0.2) is 5.78 Å². The summed E-state index contributed by atoms with van der Waals surface area (Å²) in [6.07, 6.45) is 9.24. The van der Waals surface area contributed by atoms with Crippen molar-refractivity contribution in [1.82, 2.24) is 0 Å². The maximum absolute atomic E-state index is 14.0. The molecule has 6 N–H and O–H groups in total. The first-order chi connectivity index (χ1) is 29.3. The monoisotopic (exact) mass is 834 g/mol. The fraction of sp³-hybridized carbons (Fsp3) is 0.347. The number of ketones is 2. The molecule has 0 atom stereocenters. The van der Waals surface area contributed by atoms with Crippen molar-refractivity contribution >= 4 is 47.0 Å². The molecule has 12 nitrogen and oxygen atoms in total. The average molecular weight is 835 g/mol. The first kappa shape index (κ1) is 47.4. The smallest absolute Gasteiger partial charge is 0.330 e. The van der Waals surface area contributed by atoms with Crippen LogP contribution in [0.5, 0.6) is 11.5 Å². The number of benzene rings is 4.